The minimum atomic E-state index is -0.0352. The molecule has 0 aliphatic heterocycles. The van der Waals surface area contributed by atoms with Gasteiger partial charge in [0.2, 0.25) is 11.1 Å². The van der Waals surface area contributed by atoms with Crippen molar-refractivity contribution in [1.29, 1.82) is 0 Å². The van der Waals surface area contributed by atoms with E-state index in [4.69, 9.17) is 10.6 Å². The molecule has 2 aromatic rings. The zero-order chi connectivity index (χ0) is 19.1. The van der Waals surface area contributed by atoms with Crippen molar-refractivity contribution in [3.63, 3.8) is 0 Å². The van der Waals surface area contributed by atoms with E-state index < -0.39 is 0 Å². The second-order valence-corrected chi connectivity index (χ2v) is 7.31. The van der Waals surface area contributed by atoms with Crippen LogP contribution in [0.1, 0.15) is 43.6 Å². The van der Waals surface area contributed by atoms with E-state index in [0.29, 0.717) is 11.0 Å². The highest BCUT2D eigenvalue weighted by atomic mass is 32.2. The molecule has 0 saturated heterocycles. The maximum atomic E-state index is 11.9. The molecular weight excluding hydrogens is 350 g/mol. The summed E-state index contributed by atoms with van der Waals surface area (Å²) in [7, 11) is 0. The van der Waals surface area contributed by atoms with Crippen molar-refractivity contribution in [2.45, 2.75) is 58.3 Å². The van der Waals surface area contributed by atoms with Gasteiger partial charge in [-0.3, -0.25) is 4.79 Å². The maximum Gasteiger partial charge on any atom is 0.230 e. The number of nitrogens with one attached hydrogen (secondary N) is 1. The molecule has 7 nitrogen and oxygen atoms in total. The normalized spacial score (nSPS) is 12.0. The van der Waals surface area contributed by atoms with Crippen molar-refractivity contribution in [2.24, 2.45) is 0 Å². The number of ether oxygens (including phenoxy) is 1. The molecule has 1 heterocycles. The number of amides is 1. The first-order valence-electron chi connectivity index (χ1n) is 8.72. The van der Waals surface area contributed by atoms with Crippen molar-refractivity contribution in [2.75, 3.05) is 11.6 Å². The molecule has 26 heavy (non-hydrogen) atoms. The van der Waals surface area contributed by atoms with E-state index in [9.17, 15) is 4.79 Å². The van der Waals surface area contributed by atoms with Gasteiger partial charge in [-0.2, -0.15) is 0 Å². The Labute approximate surface area is 158 Å². The van der Waals surface area contributed by atoms with E-state index in [0.717, 1.165) is 24.2 Å². The van der Waals surface area contributed by atoms with Crippen LogP contribution in [0.15, 0.2) is 23.4 Å². The molecule has 1 amide bonds. The lowest BCUT2D eigenvalue weighted by Crippen LogP contribution is -2.33. The average molecular weight is 378 g/mol. The number of nitrogens with two attached hydrogens (primary N) is 1. The molecule has 0 bridgehead atoms. The van der Waals surface area contributed by atoms with Gasteiger partial charge < -0.3 is 15.9 Å². The van der Waals surface area contributed by atoms with Crippen LogP contribution in [0.25, 0.3) is 0 Å². The molecule has 3 N–H and O–H groups in total. The summed E-state index contributed by atoms with van der Waals surface area (Å²) in [6.07, 6.45) is 2.00. The standard InChI is InChI=1S/C18H27N5O2S/c1-5-6-14(4)20-17(24)11-26-18-22-21-16(23(18)19)10-25-15-8-7-12(2)9-13(15)3/h7-9,14H,5-6,10-11,19H2,1-4H3,(H,20,24)/t14-/m1/s1. The van der Waals surface area contributed by atoms with Crippen LogP contribution in [-0.2, 0) is 11.4 Å². The smallest absolute Gasteiger partial charge is 0.230 e. The number of nitrogens with zero attached hydrogens (tertiary/aromatic N) is 3. The minimum Gasteiger partial charge on any atom is -0.485 e. The van der Waals surface area contributed by atoms with E-state index in [1.54, 1.807) is 0 Å². The first kappa shape index (κ1) is 20.1. The predicted octanol–water partition coefficient (Wildman–Crippen LogP) is 2.58. The molecule has 2 rings (SSSR count). The van der Waals surface area contributed by atoms with E-state index >= 15 is 0 Å². The fourth-order valence-corrected chi connectivity index (χ4v) is 3.25. The van der Waals surface area contributed by atoms with Crippen LogP contribution in [0.4, 0.5) is 0 Å². The third kappa shape index (κ3) is 5.66. The van der Waals surface area contributed by atoms with Gasteiger partial charge in [0.25, 0.3) is 0 Å². The average Bonchev–Trinajstić information content (AvgIpc) is 2.92. The maximum absolute atomic E-state index is 11.9. The summed E-state index contributed by atoms with van der Waals surface area (Å²) in [5.41, 5.74) is 2.24. The van der Waals surface area contributed by atoms with Crippen LogP contribution < -0.4 is 15.9 Å². The van der Waals surface area contributed by atoms with Crippen LogP contribution in [0.2, 0.25) is 0 Å². The summed E-state index contributed by atoms with van der Waals surface area (Å²) < 4.78 is 7.16. The first-order chi connectivity index (χ1) is 12.4. The number of carbonyl (C=O) groups excluding carboxylic acids is 1. The Hall–Kier alpha value is -2.22. The van der Waals surface area contributed by atoms with Crippen LogP contribution in [0, 0.1) is 13.8 Å². The molecule has 0 spiro atoms. The SMILES string of the molecule is CCC[C@@H](C)NC(=O)CSc1nnc(COc2ccc(C)cc2C)n1N. The van der Waals surface area contributed by atoms with Crippen LogP contribution in [0.3, 0.4) is 0 Å². The molecule has 1 atom stereocenters. The lowest BCUT2D eigenvalue weighted by molar-refractivity contribution is -0.119. The number of rotatable bonds is 9. The van der Waals surface area contributed by atoms with Gasteiger partial charge in [0.1, 0.15) is 12.4 Å². The molecule has 1 aromatic carbocycles. The fourth-order valence-electron chi connectivity index (χ4n) is 2.56. The summed E-state index contributed by atoms with van der Waals surface area (Å²) in [6, 6.07) is 6.15. The molecule has 0 aliphatic carbocycles. The summed E-state index contributed by atoms with van der Waals surface area (Å²) in [4.78, 5) is 11.9. The molecule has 0 fully saturated rings. The predicted molar refractivity (Wildman–Crippen MR) is 104 cm³/mol. The van der Waals surface area contributed by atoms with Gasteiger partial charge in [0.05, 0.1) is 5.75 Å². The van der Waals surface area contributed by atoms with E-state index in [-0.39, 0.29) is 24.3 Å². The van der Waals surface area contributed by atoms with Gasteiger partial charge >= 0.3 is 0 Å². The van der Waals surface area contributed by atoms with E-state index in [1.807, 2.05) is 32.9 Å². The Balaban J connectivity index is 1.88. The Morgan fingerprint density at radius 1 is 1.38 bits per heavy atom. The van der Waals surface area contributed by atoms with E-state index in [2.05, 4.69) is 28.5 Å². The van der Waals surface area contributed by atoms with Gasteiger partial charge in [-0.1, -0.05) is 42.8 Å². The van der Waals surface area contributed by atoms with Crippen molar-refractivity contribution in [3.05, 3.63) is 35.2 Å². The van der Waals surface area contributed by atoms with Crippen molar-refractivity contribution < 1.29 is 9.53 Å². The number of hydrogen-bond donors (Lipinski definition) is 2. The largest absolute Gasteiger partial charge is 0.485 e. The van der Waals surface area contributed by atoms with Crippen molar-refractivity contribution >= 4 is 17.7 Å². The molecular formula is C18H27N5O2S. The van der Waals surface area contributed by atoms with Crippen LogP contribution in [-0.4, -0.2) is 32.6 Å². The molecule has 0 radical (unpaired) electrons. The van der Waals surface area contributed by atoms with Gasteiger partial charge in [-0.05, 0) is 38.8 Å². The summed E-state index contributed by atoms with van der Waals surface area (Å²) in [5.74, 6) is 7.54. The number of thioether (sulfide) groups is 1. The molecule has 8 heteroatoms. The molecule has 1 aromatic heterocycles. The lowest BCUT2D eigenvalue weighted by Gasteiger charge is -2.12. The van der Waals surface area contributed by atoms with Crippen LogP contribution >= 0.6 is 11.8 Å². The Morgan fingerprint density at radius 3 is 2.85 bits per heavy atom. The highest BCUT2D eigenvalue weighted by Crippen LogP contribution is 2.20. The number of nitrogen functional groups attached to an aromatic ring is 1. The number of aromatic nitrogens is 3. The second kappa shape index (κ2) is 9.47. The highest BCUT2D eigenvalue weighted by Gasteiger charge is 2.14. The van der Waals surface area contributed by atoms with Gasteiger partial charge in [-0.15, -0.1) is 10.2 Å². The van der Waals surface area contributed by atoms with Gasteiger partial charge in [-0.25, -0.2) is 4.68 Å². The number of hydrogen-bond acceptors (Lipinski definition) is 6. The molecule has 0 aliphatic rings. The number of benzene rings is 1. The Kier molecular flexibility index (Phi) is 7.32. The summed E-state index contributed by atoms with van der Waals surface area (Å²) >= 11 is 1.26. The zero-order valence-electron chi connectivity index (χ0n) is 15.8. The fraction of sp³-hybridized carbons (Fsp3) is 0.500. The summed E-state index contributed by atoms with van der Waals surface area (Å²) in [5, 5.41) is 11.5. The first-order valence-corrected chi connectivity index (χ1v) is 9.70. The monoisotopic (exact) mass is 377 g/mol. The third-order valence-electron chi connectivity index (χ3n) is 3.88. The van der Waals surface area contributed by atoms with Crippen molar-refractivity contribution in [1.82, 2.24) is 20.2 Å². The molecule has 0 saturated carbocycles. The summed E-state index contributed by atoms with van der Waals surface area (Å²) in [6.45, 7) is 8.34. The molecule has 142 valence electrons. The molecule has 0 unspecified atom stereocenters. The number of carbonyl (C=O) groups is 1. The van der Waals surface area contributed by atoms with E-state index in [1.165, 1.54) is 22.0 Å². The minimum absolute atomic E-state index is 0.0352. The lowest BCUT2D eigenvalue weighted by atomic mass is 10.1. The topological polar surface area (TPSA) is 95.1 Å². The Morgan fingerprint density at radius 2 is 2.15 bits per heavy atom. The van der Waals surface area contributed by atoms with Crippen molar-refractivity contribution in [3.8, 4) is 5.75 Å². The quantitative estimate of drug-likeness (QED) is 0.515. The zero-order valence-corrected chi connectivity index (χ0v) is 16.6. The Bertz CT molecular complexity index is 747. The number of aryl methyl sites for hydroxylation is 2. The highest BCUT2D eigenvalue weighted by molar-refractivity contribution is 7.99. The van der Waals surface area contributed by atoms with Gasteiger partial charge in [0.15, 0.2) is 5.82 Å². The van der Waals surface area contributed by atoms with Crippen LogP contribution in [0.5, 0.6) is 5.75 Å². The van der Waals surface area contributed by atoms with Gasteiger partial charge in [0, 0.05) is 6.04 Å². The third-order valence-corrected chi connectivity index (χ3v) is 4.83. The second-order valence-electron chi connectivity index (χ2n) is 6.37.